The molecule has 1 unspecified atom stereocenters. The number of alkyl halides is 1. The molecule has 3 nitrogen and oxygen atoms in total. The Balaban J connectivity index is 2.50. The number of nitrogens with one attached hydrogen (secondary N) is 1. The summed E-state index contributed by atoms with van der Waals surface area (Å²) in [6, 6.07) is 0.697. The molecular formula is C9H17ClN2O. The van der Waals surface area contributed by atoms with Crippen molar-refractivity contribution in [1.29, 1.82) is 0 Å². The highest BCUT2D eigenvalue weighted by molar-refractivity contribution is 6.18. The molecule has 4 heteroatoms. The third kappa shape index (κ3) is 2.85. The summed E-state index contributed by atoms with van der Waals surface area (Å²) in [5, 5.41) is 3.33. The van der Waals surface area contributed by atoms with Gasteiger partial charge in [-0.2, -0.15) is 0 Å². The second kappa shape index (κ2) is 4.82. The lowest BCUT2D eigenvalue weighted by atomic mass is 10.1. The predicted molar refractivity (Wildman–Crippen MR) is 54.0 cm³/mol. The van der Waals surface area contributed by atoms with Gasteiger partial charge in [0.2, 0.25) is 5.91 Å². The van der Waals surface area contributed by atoms with Gasteiger partial charge >= 0.3 is 0 Å². The van der Waals surface area contributed by atoms with Crippen LogP contribution in [0.1, 0.15) is 20.3 Å². The van der Waals surface area contributed by atoms with Crippen LogP contribution in [0.4, 0.5) is 0 Å². The van der Waals surface area contributed by atoms with Crippen LogP contribution in [0.25, 0.3) is 0 Å². The van der Waals surface area contributed by atoms with E-state index in [1.807, 2.05) is 4.90 Å². The van der Waals surface area contributed by atoms with E-state index in [1.54, 1.807) is 0 Å². The molecule has 1 amide bonds. The minimum Gasteiger partial charge on any atom is -0.337 e. The zero-order chi connectivity index (χ0) is 9.84. The first kappa shape index (κ1) is 10.8. The fourth-order valence-electron chi connectivity index (χ4n) is 1.59. The van der Waals surface area contributed by atoms with Crippen LogP contribution < -0.4 is 5.32 Å². The monoisotopic (exact) mass is 204 g/mol. The molecule has 76 valence electrons. The summed E-state index contributed by atoms with van der Waals surface area (Å²) in [6.45, 7) is 5.84. The van der Waals surface area contributed by atoms with Gasteiger partial charge in [-0.05, 0) is 13.8 Å². The van der Waals surface area contributed by atoms with E-state index >= 15 is 0 Å². The van der Waals surface area contributed by atoms with Gasteiger partial charge < -0.3 is 10.2 Å². The van der Waals surface area contributed by atoms with Crippen LogP contribution in [0.15, 0.2) is 0 Å². The second-order valence-corrected chi connectivity index (χ2v) is 4.02. The maximum atomic E-state index is 11.6. The van der Waals surface area contributed by atoms with Gasteiger partial charge in [0, 0.05) is 37.5 Å². The second-order valence-electron chi connectivity index (χ2n) is 3.64. The van der Waals surface area contributed by atoms with Gasteiger partial charge in [-0.25, -0.2) is 0 Å². The molecule has 1 fully saturated rings. The zero-order valence-corrected chi connectivity index (χ0v) is 8.97. The fourth-order valence-corrected chi connectivity index (χ4v) is 1.76. The van der Waals surface area contributed by atoms with Gasteiger partial charge in [-0.3, -0.25) is 4.79 Å². The number of piperazine rings is 1. The normalized spacial score (nSPS) is 29.0. The molecule has 0 aromatic carbocycles. The molecule has 1 saturated heterocycles. The van der Waals surface area contributed by atoms with E-state index in [2.05, 4.69) is 19.2 Å². The van der Waals surface area contributed by atoms with Gasteiger partial charge in [-0.1, -0.05) is 0 Å². The lowest BCUT2D eigenvalue weighted by Gasteiger charge is -2.37. The largest absolute Gasteiger partial charge is 0.337 e. The number of halogens is 1. The van der Waals surface area contributed by atoms with Gasteiger partial charge in [0.25, 0.3) is 0 Å². The van der Waals surface area contributed by atoms with Gasteiger partial charge in [0.05, 0.1) is 0 Å². The van der Waals surface area contributed by atoms with E-state index in [-0.39, 0.29) is 5.91 Å². The molecule has 1 aliphatic heterocycles. The molecule has 0 spiro atoms. The number of nitrogens with zero attached hydrogens (tertiary/aromatic N) is 1. The molecule has 0 radical (unpaired) electrons. The van der Waals surface area contributed by atoms with Crippen molar-refractivity contribution in [3.05, 3.63) is 0 Å². The van der Waals surface area contributed by atoms with Gasteiger partial charge in [0.1, 0.15) is 0 Å². The summed E-state index contributed by atoms with van der Waals surface area (Å²) in [4.78, 5) is 13.5. The first-order valence-corrected chi connectivity index (χ1v) is 5.27. The van der Waals surface area contributed by atoms with Crippen molar-refractivity contribution in [3.8, 4) is 0 Å². The Labute approximate surface area is 84.4 Å². The van der Waals surface area contributed by atoms with E-state index in [4.69, 9.17) is 11.6 Å². The minimum absolute atomic E-state index is 0.177. The molecule has 0 saturated carbocycles. The third-order valence-corrected chi connectivity index (χ3v) is 2.58. The Bertz CT molecular complexity index is 186. The van der Waals surface area contributed by atoms with Crippen LogP contribution >= 0.6 is 11.6 Å². The van der Waals surface area contributed by atoms with Crippen LogP contribution in [0.2, 0.25) is 0 Å². The van der Waals surface area contributed by atoms with Crippen molar-refractivity contribution >= 4 is 17.5 Å². The Morgan fingerprint density at radius 3 is 2.92 bits per heavy atom. The molecule has 1 aliphatic rings. The SMILES string of the molecule is CC1CN(C(=O)CCCl)[C@H](C)CN1. The summed E-state index contributed by atoms with van der Waals surface area (Å²) < 4.78 is 0. The van der Waals surface area contributed by atoms with Crippen molar-refractivity contribution < 1.29 is 4.79 Å². The molecule has 0 bridgehead atoms. The van der Waals surface area contributed by atoms with Gasteiger partial charge in [-0.15, -0.1) is 11.6 Å². The van der Waals surface area contributed by atoms with Crippen molar-refractivity contribution in [3.63, 3.8) is 0 Å². The highest BCUT2D eigenvalue weighted by Gasteiger charge is 2.25. The Morgan fingerprint density at radius 2 is 2.31 bits per heavy atom. The van der Waals surface area contributed by atoms with E-state index in [9.17, 15) is 4.79 Å². The number of hydrogen-bond donors (Lipinski definition) is 1. The van der Waals surface area contributed by atoms with Gasteiger partial charge in [0.15, 0.2) is 0 Å². The number of hydrogen-bond acceptors (Lipinski definition) is 2. The summed E-state index contributed by atoms with van der Waals surface area (Å²) in [5.41, 5.74) is 0. The number of carbonyl (C=O) groups excluding carboxylic acids is 1. The summed E-state index contributed by atoms with van der Waals surface area (Å²) >= 11 is 5.54. The maximum Gasteiger partial charge on any atom is 0.224 e. The molecule has 2 atom stereocenters. The third-order valence-electron chi connectivity index (χ3n) is 2.39. The van der Waals surface area contributed by atoms with Crippen LogP contribution in [-0.4, -0.2) is 41.9 Å². The van der Waals surface area contributed by atoms with Crippen molar-refractivity contribution in [2.24, 2.45) is 0 Å². The molecule has 1 heterocycles. The molecule has 1 N–H and O–H groups in total. The van der Waals surface area contributed by atoms with E-state index in [1.165, 1.54) is 0 Å². The minimum atomic E-state index is 0.177. The lowest BCUT2D eigenvalue weighted by molar-refractivity contribution is -0.134. The summed E-state index contributed by atoms with van der Waals surface area (Å²) in [6.07, 6.45) is 0.457. The summed E-state index contributed by atoms with van der Waals surface area (Å²) in [7, 11) is 0. The number of carbonyl (C=O) groups is 1. The fraction of sp³-hybridized carbons (Fsp3) is 0.889. The van der Waals surface area contributed by atoms with Crippen LogP contribution in [0.3, 0.4) is 0 Å². The van der Waals surface area contributed by atoms with Crippen LogP contribution in [0.5, 0.6) is 0 Å². The average molecular weight is 205 g/mol. The topological polar surface area (TPSA) is 32.3 Å². The Hall–Kier alpha value is -0.280. The van der Waals surface area contributed by atoms with Crippen LogP contribution in [0, 0.1) is 0 Å². The Morgan fingerprint density at radius 1 is 1.62 bits per heavy atom. The van der Waals surface area contributed by atoms with Crippen molar-refractivity contribution in [2.45, 2.75) is 32.4 Å². The first-order valence-electron chi connectivity index (χ1n) is 4.74. The smallest absolute Gasteiger partial charge is 0.224 e. The molecular weight excluding hydrogens is 188 g/mol. The molecule has 0 aromatic rings. The maximum absolute atomic E-state index is 11.6. The quantitative estimate of drug-likeness (QED) is 0.676. The highest BCUT2D eigenvalue weighted by Crippen LogP contribution is 2.08. The summed E-state index contributed by atoms with van der Waals surface area (Å²) in [5.74, 6) is 0.597. The highest BCUT2D eigenvalue weighted by atomic mass is 35.5. The molecule has 1 rings (SSSR count). The predicted octanol–water partition coefficient (Wildman–Crippen LogP) is 0.824. The van der Waals surface area contributed by atoms with Crippen molar-refractivity contribution in [1.82, 2.24) is 10.2 Å². The molecule has 0 aliphatic carbocycles. The number of rotatable bonds is 2. The molecule has 13 heavy (non-hydrogen) atoms. The van der Waals surface area contributed by atoms with E-state index < -0.39 is 0 Å². The Kier molecular flexibility index (Phi) is 4.00. The van der Waals surface area contributed by atoms with Crippen molar-refractivity contribution in [2.75, 3.05) is 19.0 Å². The zero-order valence-electron chi connectivity index (χ0n) is 8.22. The van der Waals surface area contributed by atoms with E-state index in [0.717, 1.165) is 13.1 Å². The number of amides is 1. The average Bonchev–Trinajstić information content (AvgIpc) is 2.09. The lowest BCUT2D eigenvalue weighted by Crippen LogP contribution is -2.56. The first-order chi connectivity index (χ1) is 6.15. The van der Waals surface area contributed by atoms with E-state index in [0.29, 0.717) is 24.4 Å². The van der Waals surface area contributed by atoms with Crippen LogP contribution in [-0.2, 0) is 4.79 Å². The molecule has 0 aromatic heterocycles. The standard InChI is InChI=1S/C9H17ClN2O/c1-7-6-12(8(2)5-11-7)9(13)3-4-10/h7-8,11H,3-6H2,1-2H3/t7?,8-/m1/s1.